The summed E-state index contributed by atoms with van der Waals surface area (Å²) in [7, 11) is 1.72. The number of ether oxygens (including phenoxy) is 2. The van der Waals surface area contributed by atoms with Crippen molar-refractivity contribution in [2.75, 3.05) is 31.7 Å². The Morgan fingerprint density at radius 2 is 2.15 bits per heavy atom. The predicted octanol–water partition coefficient (Wildman–Crippen LogP) is 2.79. The summed E-state index contributed by atoms with van der Waals surface area (Å²) in [6, 6.07) is 12.6. The lowest BCUT2D eigenvalue weighted by Crippen LogP contribution is -2.36. The van der Waals surface area contributed by atoms with E-state index in [9.17, 15) is 9.90 Å². The smallest absolute Gasteiger partial charge is 0.264 e. The van der Waals surface area contributed by atoms with Gasteiger partial charge in [-0.3, -0.25) is 4.79 Å². The van der Waals surface area contributed by atoms with Crippen LogP contribution in [-0.4, -0.2) is 43.9 Å². The molecule has 0 fully saturated rings. The van der Waals surface area contributed by atoms with Gasteiger partial charge in [-0.15, -0.1) is 0 Å². The highest BCUT2D eigenvalue weighted by Gasteiger charge is 2.22. The van der Waals surface area contributed by atoms with E-state index < -0.39 is 6.10 Å². The molecule has 0 spiro atoms. The number of rotatable bonds is 7. The molecular formula is C20H23ClN2O4. The first-order valence-corrected chi connectivity index (χ1v) is 9.15. The topological polar surface area (TPSA) is 71.0 Å². The maximum Gasteiger partial charge on any atom is 0.264 e. The fourth-order valence-corrected chi connectivity index (χ4v) is 2.97. The molecule has 0 aliphatic carbocycles. The maximum atomic E-state index is 11.7. The first-order chi connectivity index (χ1) is 12.9. The zero-order chi connectivity index (χ0) is 19.4. The summed E-state index contributed by atoms with van der Waals surface area (Å²) >= 11 is 5.95. The van der Waals surface area contributed by atoms with Crippen LogP contribution >= 0.6 is 11.6 Å². The third kappa shape index (κ3) is 4.91. The zero-order valence-electron chi connectivity index (χ0n) is 15.3. The minimum Gasteiger partial charge on any atom is -0.492 e. The van der Waals surface area contributed by atoms with Gasteiger partial charge in [0, 0.05) is 30.7 Å². The van der Waals surface area contributed by atoms with E-state index in [0.717, 1.165) is 5.56 Å². The van der Waals surface area contributed by atoms with Gasteiger partial charge in [-0.2, -0.15) is 0 Å². The second kappa shape index (κ2) is 8.61. The molecule has 7 heteroatoms. The van der Waals surface area contributed by atoms with Gasteiger partial charge in [-0.1, -0.05) is 23.7 Å². The quantitative estimate of drug-likeness (QED) is 0.760. The second-order valence-corrected chi connectivity index (χ2v) is 7.00. The number of nitrogens with zero attached hydrogens (tertiary/aromatic N) is 1. The molecule has 0 saturated carbocycles. The molecule has 1 heterocycles. The molecule has 3 rings (SSSR count). The number of nitrogens with one attached hydrogen (secondary N) is 1. The minimum absolute atomic E-state index is 0.0190. The van der Waals surface area contributed by atoms with Gasteiger partial charge < -0.3 is 24.8 Å². The molecule has 0 saturated heterocycles. The molecule has 2 unspecified atom stereocenters. The normalized spacial score (nSPS) is 15.7. The Labute approximate surface area is 163 Å². The number of hydrogen-bond donors (Lipinski definition) is 2. The number of benzene rings is 2. The number of carbonyl (C=O) groups excluding carboxylic acids is 1. The SMILES string of the molecule is CC(COc1ccc2c(c1)N(C)C(=O)CO2)NCC(O)c1cccc(Cl)c1. The lowest BCUT2D eigenvalue weighted by molar-refractivity contribution is -0.120. The average molecular weight is 391 g/mol. The van der Waals surface area contributed by atoms with Crippen molar-refractivity contribution in [2.45, 2.75) is 19.1 Å². The summed E-state index contributed by atoms with van der Waals surface area (Å²) in [6.45, 7) is 2.83. The minimum atomic E-state index is -0.647. The van der Waals surface area contributed by atoms with Gasteiger partial charge in [-0.05, 0) is 36.8 Å². The summed E-state index contributed by atoms with van der Waals surface area (Å²) in [5.74, 6) is 1.23. The number of halogens is 1. The third-order valence-electron chi connectivity index (χ3n) is 4.41. The van der Waals surface area contributed by atoms with Gasteiger partial charge in [0.05, 0.1) is 11.8 Å². The molecule has 27 heavy (non-hydrogen) atoms. The Hall–Kier alpha value is -2.28. The van der Waals surface area contributed by atoms with E-state index in [4.69, 9.17) is 21.1 Å². The van der Waals surface area contributed by atoms with Gasteiger partial charge in [0.1, 0.15) is 18.1 Å². The lowest BCUT2D eigenvalue weighted by Gasteiger charge is -2.26. The standard InChI is InChI=1S/C20H23ClN2O4/c1-13(22-10-18(24)14-4-3-5-15(21)8-14)11-26-16-6-7-19-17(9-16)23(2)20(25)12-27-19/h3-9,13,18,22,24H,10-12H2,1-2H3. The number of aliphatic hydroxyl groups is 1. The van der Waals surface area contributed by atoms with Crippen LogP contribution in [0.3, 0.4) is 0 Å². The van der Waals surface area contributed by atoms with Crippen molar-refractivity contribution in [1.29, 1.82) is 0 Å². The molecule has 1 aliphatic heterocycles. The second-order valence-electron chi connectivity index (χ2n) is 6.56. The molecule has 1 amide bonds. The summed E-state index contributed by atoms with van der Waals surface area (Å²) < 4.78 is 11.2. The van der Waals surface area contributed by atoms with Crippen LogP contribution in [0.25, 0.3) is 0 Å². The molecule has 1 aliphatic rings. The monoisotopic (exact) mass is 390 g/mol. The Kier molecular flexibility index (Phi) is 6.21. The van der Waals surface area contributed by atoms with Crippen molar-refractivity contribution in [3.8, 4) is 11.5 Å². The van der Waals surface area contributed by atoms with Crippen LogP contribution in [0.4, 0.5) is 5.69 Å². The van der Waals surface area contributed by atoms with Gasteiger partial charge in [0.2, 0.25) is 0 Å². The van der Waals surface area contributed by atoms with Gasteiger partial charge >= 0.3 is 0 Å². The summed E-state index contributed by atoms with van der Waals surface area (Å²) in [6.07, 6.45) is -0.647. The molecule has 6 nitrogen and oxygen atoms in total. The predicted molar refractivity (Wildman–Crippen MR) is 105 cm³/mol. The summed E-state index contributed by atoms with van der Waals surface area (Å²) in [4.78, 5) is 13.3. The van der Waals surface area contributed by atoms with Crippen molar-refractivity contribution >= 4 is 23.2 Å². The Balaban J connectivity index is 1.51. The zero-order valence-corrected chi connectivity index (χ0v) is 16.1. The van der Waals surface area contributed by atoms with Gasteiger partial charge in [-0.25, -0.2) is 0 Å². The molecule has 144 valence electrons. The summed E-state index contributed by atoms with van der Waals surface area (Å²) in [5, 5.41) is 14.1. The van der Waals surface area contributed by atoms with Crippen LogP contribution in [0.15, 0.2) is 42.5 Å². The molecule has 2 aromatic rings. The van der Waals surface area contributed by atoms with Crippen LogP contribution in [-0.2, 0) is 4.79 Å². The van der Waals surface area contributed by atoms with Crippen LogP contribution < -0.4 is 19.7 Å². The number of anilines is 1. The van der Waals surface area contributed by atoms with Crippen molar-refractivity contribution in [3.63, 3.8) is 0 Å². The number of fused-ring (bicyclic) bond motifs is 1. The number of likely N-dealkylation sites (N-methyl/N-ethyl adjacent to an activating group) is 1. The van der Waals surface area contributed by atoms with Crippen LogP contribution in [0.5, 0.6) is 11.5 Å². The van der Waals surface area contributed by atoms with Gasteiger partial charge in [0.15, 0.2) is 6.61 Å². The lowest BCUT2D eigenvalue weighted by atomic mass is 10.1. The molecule has 2 N–H and O–H groups in total. The Morgan fingerprint density at radius 3 is 2.93 bits per heavy atom. The van der Waals surface area contributed by atoms with Gasteiger partial charge in [0.25, 0.3) is 5.91 Å². The van der Waals surface area contributed by atoms with Crippen molar-refractivity contribution in [3.05, 3.63) is 53.1 Å². The van der Waals surface area contributed by atoms with Crippen LogP contribution in [0.1, 0.15) is 18.6 Å². The van der Waals surface area contributed by atoms with Crippen LogP contribution in [0.2, 0.25) is 5.02 Å². The Bertz CT molecular complexity index is 814. The molecule has 2 atom stereocenters. The Morgan fingerprint density at radius 1 is 1.33 bits per heavy atom. The maximum absolute atomic E-state index is 11.7. The fourth-order valence-electron chi connectivity index (χ4n) is 2.77. The largest absolute Gasteiger partial charge is 0.492 e. The molecule has 0 bridgehead atoms. The highest BCUT2D eigenvalue weighted by Crippen LogP contribution is 2.34. The molecule has 0 aromatic heterocycles. The van der Waals surface area contributed by atoms with E-state index in [1.165, 1.54) is 0 Å². The fraction of sp³-hybridized carbons (Fsp3) is 0.350. The number of carbonyl (C=O) groups is 1. The van der Waals surface area contributed by atoms with Crippen molar-refractivity contribution < 1.29 is 19.4 Å². The highest BCUT2D eigenvalue weighted by atomic mass is 35.5. The average Bonchev–Trinajstić information content (AvgIpc) is 2.67. The van der Waals surface area contributed by atoms with Crippen LogP contribution in [0, 0.1) is 0 Å². The number of amides is 1. The number of hydrogen-bond acceptors (Lipinski definition) is 5. The van der Waals surface area contributed by atoms with E-state index in [1.54, 1.807) is 36.2 Å². The third-order valence-corrected chi connectivity index (χ3v) is 4.65. The van der Waals surface area contributed by atoms with E-state index in [-0.39, 0.29) is 18.6 Å². The first-order valence-electron chi connectivity index (χ1n) is 8.77. The highest BCUT2D eigenvalue weighted by molar-refractivity contribution is 6.30. The van der Waals surface area contributed by atoms with Crippen molar-refractivity contribution in [2.24, 2.45) is 0 Å². The molecule has 2 aromatic carbocycles. The van der Waals surface area contributed by atoms with E-state index in [0.29, 0.717) is 35.4 Å². The van der Waals surface area contributed by atoms with E-state index >= 15 is 0 Å². The van der Waals surface area contributed by atoms with E-state index in [1.807, 2.05) is 25.1 Å². The first kappa shape index (κ1) is 19.5. The molecular weight excluding hydrogens is 368 g/mol. The molecule has 0 radical (unpaired) electrons. The van der Waals surface area contributed by atoms with Crippen molar-refractivity contribution in [1.82, 2.24) is 5.32 Å². The number of aliphatic hydroxyl groups excluding tert-OH is 1. The van der Waals surface area contributed by atoms with E-state index in [2.05, 4.69) is 5.32 Å². The summed E-state index contributed by atoms with van der Waals surface area (Å²) in [5.41, 5.74) is 1.46.